The first-order valence-corrected chi connectivity index (χ1v) is 9.58. The predicted octanol–water partition coefficient (Wildman–Crippen LogP) is 3.89. The molecule has 0 fully saturated rings. The first kappa shape index (κ1) is 18.2. The second-order valence-electron chi connectivity index (χ2n) is 6.47. The Labute approximate surface area is 165 Å². The second kappa shape index (κ2) is 7.43. The topological polar surface area (TPSA) is 90.2 Å². The number of aromatic nitrogens is 6. The van der Waals surface area contributed by atoms with E-state index >= 15 is 0 Å². The van der Waals surface area contributed by atoms with Crippen LogP contribution in [-0.2, 0) is 0 Å². The average Bonchev–Trinajstić information content (AvgIpc) is 3.41. The molecule has 0 saturated heterocycles. The van der Waals surface area contributed by atoms with Gasteiger partial charge >= 0.3 is 0 Å². The van der Waals surface area contributed by atoms with Crippen molar-refractivity contribution in [2.75, 3.05) is 14.2 Å². The van der Waals surface area contributed by atoms with E-state index in [1.807, 2.05) is 36.4 Å². The summed E-state index contributed by atoms with van der Waals surface area (Å²) < 4.78 is 12.3. The Hall–Kier alpha value is -3.20. The minimum absolute atomic E-state index is 0.361. The monoisotopic (exact) mass is 396 g/mol. The van der Waals surface area contributed by atoms with Gasteiger partial charge in [-0.25, -0.2) is 0 Å². The van der Waals surface area contributed by atoms with Crippen LogP contribution >= 0.6 is 11.3 Å². The van der Waals surface area contributed by atoms with Gasteiger partial charge in [0.05, 0.1) is 14.2 Å². The van der Waals surface area contributed by atoms with Crippen LogP contribution < -0.4 is 9.47 Å². The van der Waals surface area contributed by atoms with E-state index in [0.717, 1.165) is 26.9 Å². The van der Waals surface area contributed by atoms with Crippen molar-refractivity contribution in [3.63, 3.8) is 0 Å². The van der Waals surface area contributed by atoms with E-state index in [0.29, 0.717) is 23.2 Å². The first-order chi connectivity index (χ1) is 13.6. The van der Waals surface area contributed by atoms with Crippen molar-refractivity contribution in [1.82, 2.24) is 30.0 Å². The molecular weight excluding hydrogens is 376 g/mol. The molecule has 0 unspecified atom stereocenters. The number of H-pyrrole nitrogens is 1. The molecule has 8 nitrogen and oxygen atoms in total. The zero-order valence-corrected chi connectivity index (χ0v) is 16.8. The fourth-order valence-corrected chi connectivity index (χ4v) is 3.47. The van der Waals surface area contributed by atoms with Crippen molar-refractivity contribution < 1.29 is 9.47 Å². The van der Waals surface area contributed by atoms with Crippen LogP contribution in [0.15, 0.2) is 24.3 Å². The van der Waals surface area contributed by atoms with E-state index in [2.05, 4.69) is 39.3 Å². The Morgan fingerprint density at radius 2 is 1.89 bits per heavy atom. The van der Waals surface area contributed by atoms with Crippen molar-refractivity contribution in [2.24, 2.45) is 0 Å². The molecule has 0 aliphatic heterocycles. The molecule has 0 radical (unpaired) electrons. The lowest BCUT2D eigenvalue weighted by Gasteiger charge is -2.07. The van der Waals surface area contributed by atoms with Gasteiger partial charge in [-0.1, -0.05) is 37.3 Å². The molecule has 144 valence electrons. The molecule has 0 bridgehead atoms. The third-order valence-electron chi connectivity index (χ3n) is 4.28. The SMILES string of the molecule is COc1ccc(/C=C/c2nn3c(-c4cc(C(C)C)[nH]n4)nnc3s2)cc1OC. The van der Waals surface area contributed by atoms with E-state index in [4.69, 9.17) is 9.47 Å². The van der Waals surface area contributed by atoms with Gasteiger partial charge in [-0.05, 0) is 35.8 Å². The fourth-order valence-electron chi connectivity index (χ4n) is 2.73. The van der Waals surface area contributed by atoms with Gasteiger partial charge in [-0.2, -0.15) is 14.7 Å². The number of aromatic amines is 1. The van der Waals surface area contributed by atoms with Crippen LogP contribution in [0, 0.1) is 0 Å². The Balaban J connectivity index is 1.62. The van der Waals surface area contributed by atoms with Crippen LogP contribution in [-0.4, -0.2) is 44.2 Å². The minimum atomic E-state index is 0.361. The molecule has 0 spiro atoms. The molecular formula is C19H20N6O2S. The summed E-state index contributed by atoms with van der Waals surface area (Å²) >= 11 is 1.46. The van der Waals surface area contributed by atoms with E-state index in [1.54, 1.807) is 18.7 Å². The standard InChI is InChI=1S/C19H20N6O2S/c1-11(2)13-10-14(21-20-13)18-22-23-19-25(18)24-17(28-19)8-6-12-5-7-15(26-3)16(9-12)27-4/h5-11H,1-4H3,(H,20,21)/b8-6+. The van der Waals surface area contributed by atoms with Gasteiger partial charge < -0.3 is 9.47 Å². The maximum Gasteiger partial charge on any atom is 0.235 e. The molecule has 1 N–H and O–H groups in total. The van der Waals surface area contributed by atoms with Gasteiger partial charge in [-0.3, -0.25) is 5.10 Å². The van der Waals surface area contributed by atoms with Crippen molar-refractivity contribution in [2.45, 2.75) is 19.8 Å². The Morgan fingerprint density at radius 1 is 1.07 bits per heavy atom. The normalized spacial score (nSPS) is 11.8. The Bertz CT molecular complexity index is 1140. The lowest BCUT2D eigenvalue weighted by molar-refractivity contribution is 0.355. The summed E-state index contributed by atoms with van der Waals surface area (Å²) in [7, 11) is 3.24. The lowest BCUT2D eigenvalue weighted by Crippen LogP contribution is -1.91. The molecule has 9 heteroatoms. The highest BCUT2D eigenvalue weighted by Crippen LogP contribution is 2.29. The summed E-state index contributed by atoms with van der Waals surface area (Å²) in [4.78, 5) is 0.719. The number of nitrogens with one attached hydrogen (secondary N) is 1. The van der Waals surface area contributed by atoms with Crippen LogP contribution in [0.1, 0.15) is 36.0 Å². The molecule has 0 amide bonds. The molecule has 3 heterocycles. The number of nitrogens with zero attached hydrogens (tertiary/aromatic N) is 5. The average molecular weight is 396 g/mol. The lowest BCUT2D eigenvalue weighted by atomic mass is 10.1. The molecule has 0 aliphatic rings. The number of ether oxygens (including phenoxy) is 2. The van der Waals surface area contributed by atoms with E-state index in [1.165, 1.54) is 11.3 Å². The Morgan fingerprint density at radius 3 is 2.61 bits per heavy atom. The second-order valence-corrected chi connectivity index (χ2v) is 7.46. The summed E-state index contributed by atoms with van der Waals surface area (Å²) in [6.45, 7) is 4.22. The van der Waals surface area contributed by atoms with Gasteiger partial charge in [0, 0.05) is 5.69 Å². The first-order valence-electron chi connectivity index (χ1n) is 8.77. The molecule has 4 rings (SSSR count). The predicted molar refractivity (Wildman–Crippen MR) is 109 cm³/mol. The van der Waals surface area contributed by atoms with E-state index in [9.17, 15) is 0 Å². The molecule has 4 aromatic rings. The molecule has 1 aromatic carbocycles. The zero-order valence-electron chi connectivity index (χ0n) is 16.0. The van der Waals surface area contributed by atoms with Gasteiger partial charge in [0.1, 0.15) is 10.7 Å². The smallest absolute Gasteiger partial charge is 0.235 e. The maximum atomic E-state index is 5.34. The number of rotatable bonds is 6. The maximum absolute atomic E-state index is 5.34. The van der Waals surface area contributed by atoms with E-state index < -0.39 is 0 Å². The van der Waals surface area contributed by atoms with Gasteiger partial charge in [0.25, 0.3) is 0 Å². The van der Waals surface area contributed by atoms with Gasteiger partial charge in [0.2, 0.25) is 10.8 Å². The highest BCUT2D eigenvalue weighted by Gasteiger charge is 2.16. The minimum Gasteiger partial charge on any atom is -0.493 e. The number of fused-ring (bicyclic) bond motifs is 1. The largest absolute Gasteiger partial charge is 0.493 e. The number of hydrogen-bond donors (Lipinski definition) is 1. The highest BCUT2D eigenvalue weighted by molar-refractivity contribution is 7.17. The molecule has 0 atom stereocenters. The van der Waals surface area contributed by atoms with Crippen molar-refractivity contribution in [3.8, 4) is 23.0 Å². The number of benzene rings is 1. The van der Waals surface area contributed by atoms with Gasteiger partial charge in [-0.15, -0.1) is 10.2 Å². The summed E-state index contributed by atoms with van der Waals surface area (Å²) in [6, 6.07) is 7.73. The van der Waals surface area contributed by atoms with Crippen molar-refractivity contribution >= 4 is 28.4 Å². The van der Waals surface area contributed by atoms with Crippen molar-refractivity contribution in [1.29, 1.82) is 0 Å². The highest BCUT2D eigenvalue weighted by atomic mass is 32.1. The summed E-state index contributed by atoms with van der Waals surface area (Å²) in [5, 5.41) is 21.3. The third-order valence-corrected chi connectivity index (χ3v) is 5.15. The summed E-state index contributed by atoms with van der Waals surface area (Å²) in [5.41, 5.74) is 2.77. The molecule has 28 heavy (non-hydrogen) atoms. The van der Waals surface area contributed by atoms with Crippen LogP contribution in [0.3, 0.4) is 0 Å². The van der Waals surface area contributed by atoms with Crippen molar-refractivity contribution in [3.05, 3.63) is 40.5 Å². The Kier molecular flexibility index (Phi) is 4.82. The number of methoxy groups -OCH3 is 2. The summed E-state index contributed by atoms with van der Waals surface area (Å²) in [6.07, 6.45) is 3.91. The van der Waals surface area contributed by atoms with Crippen LogP contribution in [0.4, 0.5) is 0 Å². The van der Waals surface area contributed by atoms with Crippen LogP contribution in [0.2, 0.25) is 0 Å². The molecule has 0 saturated carbocycles. The zero-order chi connectivity index (χ0) is 19.7. The van der Waals surface area contributed by atoms with E-state index in [-0.39, 0.29) is 0 Å². The fraction of sp³-hybridized carbons (Fsp3) is 0.263. The molecule has 3 aromatic heterocycles. The van der Waals surface area contributed by atoms with Crippen LogP contribution in [0.5, 0.6) is 11.5 Å². The third kappa shape index (κ3) is 3.36. The number of hydrogen-bond acceptors (Lipinski definition) is 7. The van der Waals surface area contributed by atoms with Crippen LogP contribution in [0.25, 0.3) is 28.6 Å². The van der Waals surface area contributed by atoms with Gasteiger partial charge in [0.15, 0.2) is 11.5 Å². The summed E-state index contributed by atoms with van der Waals surface area (Å²) in [5.74, 6) is 2.37. The quantitative estimate of drug-likeness (QED) is 0.532. The molecule has 0 aliphatic carbocycles.